The third kappa shape index (κ3) is 12.6. The number of ether oxygens (including phenoxy) is 5. The molecule has 1 N–H and O–H groups in total. The SMILES string of the molecule is CC(C)[C@@H]1CC(=O)C=CN1[C@@H]1O[C@H](COC(=O)C(C)(C)CCCCCCO)[C@H](OC(=O)C(C)(C)C)[C@H](OC(=O)C(C)(C)C)[C@H]1OC(=O)C(C)(C)C. The van der Waals surface area contributed by atoms with Gasteiger partial charge >= 0.3 is 23.9 Å². The van der Waals surface area contributed by atoms with Crippen LogP contribution in [0.3, 0.4) is 0 Å². The molecule has 0 aliphatic carbocycles. The van der Waals surface area contributed by atoms with Gasteiger partial charge in [-0.2, -0.15) is 0 Å². The fraction of sp³-hybridized carbons (Fsp3) is 0.821. The molecule has 12 nitrogen and oxygen atoms in total. The number of esters is 4. The fourth-order valence-electron chi connectivity index (χ4n) is 5.57. The van der Waals surface area contributed by atoms with Crippen molar-refractivity contribution in [1.29, 1.82) is 0 Å². The lowest BCUT2D eigenvalue weighted by atomic mass is 9.87. The topological polar surface area (TPSA) is 155 Å². The third-order valence-electron chi connectivity index (χ3n) is 9.11. The Balaban J connectivity index is 2.71. The summed E-state index contributed by atoms with van der Waals surface area (Å²) in [7, 11) is 0. The van der Waals surface area contributed by atoms with E-state index < -0.39 is 76.2 Å². The van der Waals surface area contributed by atoms with Crippen LogP contribution >= 0.6 is 0 Å². The van der Waals surface area contributed by atoms with Crippen molar-refractivity contribution in [2.24, 2.45) is 27.6 Å². The summed E-state index contributed by atoms with van der Waals surface area (Å²) in [6.45, 7) is 22.4. The van der Waals surface area contributed by atoms with Crippen molar-refractivity contribution in [2.45, 2.75) is 165 Å². The normalized spacial score (nSPS) is 24.7. The monoisotopic (exact) mass is 723 g/mol. The maximum Gasteiger partial charge on any atom is 0.311 e. The van der Waals surface area contributed by atoms with Crippen LogP contribution in [0.25, 0.3) is 0 Å². The zero-order chi connectivity index (χ0) is 39.1. The molecule has 0 aromatic rings. The highest BCUT2D eigenvalue weighted by Crippen LogP contribution is 2.38. The van der Waals surface area contributed by atoms with Gasteiger partial charge in [-0.15, -0.1) is 0 Å². The molecule has 292 valence electrons. The molecule has 0 amide bonds. The summed E-state index contributed by atoms with van der Waals surface area (Å²) in [5.41, 5.74) is -3.80. The van der Waals surface area contributed by atoms with Crippen LogP contribution in [0.15, 0.2) is 12.3 Å². The number of aliphatic hydroxyl groups excluding tert-OH is 1. The molecule has 2 heterocycles. The quantitative estimate of drug-likeness (QED) is 0.129. The van der Waals surface area contributed by atoms with Gasteiger partial charge in [0, 0.05) is 25.3 Å². The second kappa shape index (κ2) is 17.7. The first-order valence-electron chi connectivity index (χ1n) is 18.4. The van der Waals surface area contributed by atoms with E-state index in [0.29, 0.717) is 12.8 Å². The van der Waals surface area contributed by atoms with Gasteiger partial charge in [0.25, 0.3) is 0 Å². The van der Waals surface area contributed by atoms with Crippen LogP contribution in [0.4, 0.5) is 0 Å². The zero-order valence-electron chi connectivity index (χ0n) is 33.3. The molecule has 0 saturated carbocycles. The van der Waals surface area contributed by atoms with Gasteiger partial charge in [-0.1, -0.05) is 33.1 Å². The standard InChI is InChI=1S/C39H65NO11/c1-24(2)26-22-25(42)18-20-40(26)31-30(51-34(45)38(9,10)11)29(50-33(44)37(6,7)8)28(49-32(43)36(3,4)5)27(48-31)23-47-35(46)39(12,13)19-16-14-15-17-21-41/h18,20,24,26-31,41H,14-17,19,21-23H2,1-13H3/t26-,27+,28-,29-,30+,31+/m0/s1. The van der Waals surface area contributed by atoms with E-state index in [1.165, 1.54) is 6.08 Å². The summed E-state index contributed by atoms with van der Waals surface area (Å²) in [6, 6.07) is -0.385. The van der Waals surface area contributed by atoms with Crippen molar-refractivity contribution in [3.05, 3.63) is 12.3 Å². The van der Waals surface area contributed by atoms with Gasteiger partial charge in [0.05, 0.1) is 21.7 Å². The largest absolute Gasteiger partial charge is 0.462 e. The lowest BCUT2D eigenvalue weighted by Gasteiger charge is -2.51. The van der Waals surface area contributed by atoms with Crippen LogP contribution in [-0.2, 0) is 47.7 Å². The summed E-state index contributed by atoms with van der Waals surface area (Å²) in [6.07, 6.45) is 0.557. The summed E-state index contributed by atoms with van der Waals surface area (Å²) in [5.74, 6) is -2.50. The van der Waals surface area contributed by atoms with E-state index in [-0.39, 0.29) is 37.4 Å². The summed E-state index contributed by atoms with van der Waals surface area (Å²) < 4.78 is 31.1. The van der Waals surface area contributed by atoms with Gasteiger partial charge in [0.1, 0.15) is 12.7 Å². The number of hydrogen-bond acceptors (Lipinski definition) is 12. The molecule has 1 fully saturated rings. The Bertz CT molecular complexity index is 1250. The van der Waals surface area contributed by atoms with E-state index in [4.69, 9.17) is 28.8 Å². The first-order valence-corrected chi connectivity index (χ1v) is 18.4. The molecule has 6 atom stereocenters. The molecule has 1 saturated heterocycles. The predicted molar refractivity (Wildman–Crippen MR) is 191 cm³/mol. The zero-order valence-corrected chi connectivity index (χ0v) is 33.3. The van der Waals surface area contributed by atoms with Gasteiger partial charge in [-0.25, -0.2) is 0 Å². The number of hydrogen-bond donors (Lipinski definition) is 1. The molecule has 0 spiro atoms. The van der Waals surface area contributed by atoms with E-state index in [0.717, 1.165) is 19.3 Å². The highest BCUT2D eigenvalue weighted by molar-refractivity contribution is 5.90. The molecule has 0 radical (unpaired) electrons. The number of carbonyl (C=O) groups is 5. The Morgan fingerprint density at radius 2 is 1.25 bits per heavy atom. The predicted octanol–water partition coefficient (Wildman–Crippen LogP) is 5.91. The number of allylic oxidation sites excluding steroid dienone is 1. The van der Waals surface area contributed by atoms with E-state index in [2.05, 4.69) is 0 Å². The van der Waals surface area contributed by atoms with Crippen molar-refractivity contribution in [3.8, 4) is 0 Å². The number of ketones is 1. The van der Waals surface area contributed by atoms with Crippen molar-refractivity contribution in [3.63, 3.8) is 0 Å². The summed E-state index contributed by atoms with van der Waals surface area (Å²) >= 11 is 0. The van der Waals surface area contributed by atoms with E-state index in [1.54, 1.807) is 87.3 Å². The van der Waals surface area contributed by atoms with Crippen molar-refractivity contribution < 1.29 is 52.8 Å². The van der Waals surface area contributed by atoms with Gasteiger partial charge in [0.2, 0.25) is 0 Å². The average Bonchev–Trinajstić information content (AvgIpc) is 3.00. The van der Waals surface area contributed by atoms with Crippen LogP contribution in [0.2, 0.25) is 0 Å². The lowest BCUT2D eigenvalue weighted by Crippen LogP contribution is -2.68. The van der Waals surface area contributed by atoms with Crippen LogP contribution in [0.5, 0.6) is 0 Å². The minimum absolute atomic E-state index is 0.0528. The Morgan fingerprint density at radius 3 is 1.75 bits per heavy atom. The Hall–Kier alpha value is -2.99. The van der Waals surface area contributed by atoms with Crippen molar-refractivity contribution >= 4 is 29.7 Å². The van der Waals surface area contributed by atoms with Crippen LogP contribution in [-0.4, -0.2) is 89.6 Å². The average molecular weight is 724 g/mol. The number of rotatable bonds is 14. The molecule has 0 aromatic carbocycles. The smallest absolute Gasteiger partial charge is 0.311 e. The molecular formula is C39H65NO11. The van der Waals surface area contributed by atoms with Crippen LogP contribution in [0, 0.1) is 27.6 Å². The van der Waals surface area contributed by atoms with E-state index in [9.17, 15) is 24.0 Å². The van der Waals surface area contributed by atoms with Crippen LogP contribution in [0.1, 0.15) is 129 Å². The lowest BCUT2D eigenvalue weighted by molar-refractivity contribution is -0.284. The summed E-state index contributed by atoms with van der Waals surface area (Å²) in [4.78, 5) is 68.7. The first kappa shape index (κ1) is 44.2. The molecule has 51 heavy (non-hydrogen) atoms. The van der Waals surface area contributed by atoms with E-state index in [1.807, 2.05) is 13.8 Å². The van der Waals surface area contributed by atoms with Crippen molar-refractivity contribution in [1.82, 2.24) is 4.90 Å². The highest BCUT2D eigenvalue weighted by Gasteiger charge is 2.57. The maximum atomic E-state index is 13.6. The molecule has 0 aromatic heterocycles. The maximum absolute atomic E-state index is 13.6. The number of carbonyl (C=O) groups excluding carboxylic acids is 5. The second-order valence-corrected chi connectivity index (χ2v) is 18.0. The molecule has 0 unspecified atom stereocenters. The van der Waals surface area contributed by atoms with Gasteiger partial charge in [-0.3, -0.25) is 24.0 Å². The Labute approximate surface area is 305 Å². The second-order valence-electron chi connectivity index (χ2n) is 18.0. The van der Waals surface area contributed by atoms with Crippen molar-refractivity contribution in [2.75, 3.05) is 13.2 Å². The van der Waals surface area contributed by atoms with E-state index >= 15 is 0 Å². The molecule has 12 heteroatoms. The Kier molecular flexibility index (Phi) is 15.3. The molecular weight excluding hydrogens is 658 g/mol. The number of nitrogens with zero attached hydrogens (tertiary/aromatic N) is 1. The molecule has 2 aliphatic heterocycles. The minimum atomic E-state index is -1.38. The first-order chi connectivity index (χ1) is 23.3. The molecule has 0 bridgehead atoms. The molecule has 2 aliphatic rings. The number of unbranched alkanes of at least 4 members (excludes halogenated alkanes) is 3. The van der Waals surface area contributed by atoms with Crippen LogP contribution < -0.4 is 0 Å². The molecule has 2 rings (SSSR count). The Morgan fingerprint density at radius 1 is 0.765 bits per heavy atom. The third-order valence-corrected chi connectivity index (χ3v) is 9.11. The summed E-state index contributed by atoms with van der Waals surface area (Å²) in [5, 5.41) is 9.09. The fourth-order valence-corrected chi connectivity index (χ4v) is 5.57. The van der Waals surface area contributed by atoms with Gasteiger partial charge < -0.3 is 33.7 Å². The minimum Gasteiger partial charge on any atom is -0.462 e. The highest BCUT2D eigenvalue weighted by atomic mass is 16.7. The van der Waals surface area contributed by atoms with Gasteiger partial charge in [-0.05, 0) is 101 Å². The van der Waals surface area contributed by atoms with Gasteiger partial charge in [0.15, 0.2) is 30.3 Å². The number of aliphatic hydroxyl groups is 1.